The molecule has 1 aliphatic heterocycles. The molecule has 22 heavy (non-hydrogen) atoms. The maximum atomic E-state index is 12.6. The third kappa shape index (κ3) is 3.28. The van der Waals surface area contributed by atoms with E-state index in [1.807, 2.05) is 43.6 Å². The number of nitrogens with two attached hydrogens (primary N) is 1. The van der Waals surface area contributed by atoms with E-state index in [0.717, 1.165) is 36.6 Å². The number of carbonyl (C=O) groups excluding carboxylic acids is 1. The van der Waals surface area contributed by atoms with E-state index >= 15 is 0 Å². The molecule has 2 aromatic rings. The number of nitrogens with zero attached hydrogens (tertiary/aromatic N) is 3. The monoisotopic (exact) mass is 316 g/mol. The van der Waals surface area contributed by atoms with Crippen molar-refractivity contribution in [1.82, 2.24) is 9.88 Å². The van der Waals surface area contributed by atoms with E-state index in [2.05, 4.69) is 9.88 Å². The minimum absolute atomic E-state index is 0.0653. The lowest BCUT2D eigenvalue weighted by Gasteiger charge is -2.21. The molecule has 1 aromatic carbocycles. The average molecular weight is 316 g/mol. The summed E-state index contributed by atoms with van der Waals surface area (Å²) in [5.74, 6) is 0.257. The van der Waals surface area contributed by atoms with Crippen LogP contribution in [0.1, 0.15) is 11.3 Å². The van der Waals surface area contributed by atoms with Crippen molar-refractivity contribution < 1.29 is 4.79 Å². The zero-order chi connectivity index (χ0) is 15.5. The fourth-order valence-corrected chi connectivity index (χ4v) is 3.57. The van der Waals surface area contributed by atoms with Gasteiger partial charge in [-0.05, 0) is 25.1 Å². The van der Waals surface area contributed by atoms with Crippen molar-refractivity contribution in [3.8, 4) is 0 Å². The molecule has 1 aliphatic rings. The van der Waals surface area contributed by atoms with Crippen LogP contribution in [0.3, 0.4) is 0 Å². The molecule has 0 radical (unpaired) electrons. The van der Waals surface area contributed by atoms with Gasteiger partial charge in [-0.3, -0.25) is 9.69 Å². The highest BCUT2D eigenvalue weighted by atomic mass is 32.1. The van der Waals surface area contributed by atoms with Crippen LogP contribution in [0.5, 0.6) is 0 Å². The van der Waals surface area contributed by atoms with Crippen LogP contribution in [0.25, 0.3) is 0 Å². The van der Waals surface area contributed by atoms with E-state index in [9.17, 15) is 4.79 Å². The number of nitrogen functional groups attached to an aromatic ring is 1. The number of rotatable bonds is 4. The fraction of sp³-hybridized carbons (Fsp3) is 0.375. The number of para-hydroxylation sites is 1. The van der Waals surface area contributed by atoms with Crippen molar-refractivity contribution in [2.24, 2.45) is 5.92 Å². The molecule has 1 amide bonds. The van der Waals surface area contributed by atoms with Crippen molar-refractivity contribution in [2.75, 3.05) is 30.8 Å². The first kappa shape index (κ1) is 15.0. The minimum Gasteiger partial charge on any atom is -0.375 e. The molecule has 0 spiro atoms. The molecule has 0 bridgehead atoms. The Bertz CT molecular complexity index is 643. The number of amides is 1. The lowest BCUT2D eigenvalue weighted by atomic mass is 10.1. The second kappa shape index (κ2) is 6.46. The number of aromatic nitrogens is 1. The number of hydrogen-bond donors (Lipinski definition) is 1. The Morgan fingerprint density at radius 2 is 2.23 bits per heavy atom. The van der Waals surface area contributed by atoms with Crippen molar-refractivity contribution >= 4 is 28.1 Å². The predicted molar refractivity (Wildman–Crippen MR) is 89.8 cm³/mol. The first-order valence-corrected chi connectivity index (χ1v) is 8.20. The lowest BCUT2D eigenvalue weighted by molar-refractivity contribution is -0.121. The Labute approximate surface area is 134 Å². The largest absolute Gasteiger partial charge is 0.375 e. The van der Waals surface area contributed by atoms with Crippen molar-refractivity contribution in [1.29, 1.82) is 0 Å². The Morgan fingerprint density at radius 3 is 2.91 bits per heavy atom. The Balaban J connectivity index is 1.59. The number of hydrogen-bond acceptors (Lipinski definition) is 5. The second-order valence-corrected chi connectivity index (χ2v) is 6.77. The fourth-order valence-electron chi connectivity index (χ4n) is 2.85. The highest BCUT2D eigenvalue weighted by molar-refractivity contribution is 7.15. The minimum atomic E-state index is 0.0653. The number of thiazole rings is 1. The molecular weight excluding hydrogens is 296 g/mol. The molecule has 2 heterocycles. The summed E-state index contributed by atoms with van der Waals surface area (Å²) < 4.78 is 0. The molecule has 1 unspecified atom stereocenters. The van der Waals surface area contributed by atoms with Gasteiger partial charge < -0.3 is 10.6 Å². The number of benzene rings is 1. The average Bonchev–Trinajstić information content (AvgIpc) is 3.16. The molecule has 3 rings (SSSR count). The summed E-state index contributed by atoms with van der Waals surface area (Å²) in [4.78, 5) is 21.9. The summed E-state index contributed by atoms with van der Waals surface area (Å²) in [7, 11) is 1.85. The van der Waals surface area contributed by atoms with Gasteiger partial charge in [-0.25, -0.2) is 4.98 Å². The highest BCUT2D eigenvalue weighted by Crippen LogP contribution is 2.24. The van der Waals surface area contributed by atoms with E-state index in [1.165, 1.54) is 11.3 Å². The van der Waals surface area contributed by atoms with E-state index in [4.69, 9.17) is 5.73 Å². The lowest BCUT2D eigenvalue weighted by Crippen LogP contribution is -2.34. The second-order valence-electron chi connectivity index (χ2n) is 5.62. The Kier molecular flexibility index (Phi) is 4.40. The Morgan fingerprint density at radius 1 is 1.45 bits per heavy atom. The number of anilines is 2. The van der Waals surface area contributed by atoms with Crippen molar-refractivity contribution in [3.05, 3.63) is 41.4 Å². The SMILES string of the molecule is CN(C(=O)C1CCN(Cc2cnc(N)s2)C1)c1ccccc1. The van der Waals surface area contributed by atoms with Gasteiger partial charge in [0, 0.05) is 36.9 Å². The standard InChI is InChI=1S/C16H20N4OS/c1-19(13-5-3-2-4-6-13)15(21)12-7-8-20(10-12)11-14-9-18-16(17)22-14/h2-6,9,12H,7-8,10-11H2,1H3,(H2,17,18). The number of likely N-dealkylation sites (tertiary alicyclic amines) is 1. The molecular formula is C16H20N4OS. The highest BCUT2D eigenvalue weighted by Gasteiger charge is 2.30. The molecule has 2 N–H and O–H groups in total. The molecule has 0 saturated carbocycles. The van der Waals surface area contributed by atoms with Crippen molar-refractivity contribution in [2.45, 2.75) is 13.0 Å². The maximum absolute atomic E-state index is 12.6. The van der Waals surface area contributed by atoms with Gasteiger partial charge in [0.25, 0.3) is 0 Å². The summed E-state index contributed by atoms with van der Waals surface area (Å²) in [6, 6.07) is 9.79. The third-order valence-electron chi connectivity index (χ3n) is 4.05. The van der Waals surface area contributed by atoms with Crippen LogP contribution in [-0.2, 0) is 11.3 Å². The molecule has 1 fully saturated rings. The van der Waals surface area contributed by atoms with Crippen LogP contribution in [0.2, 0.25) is 0 Å². The number of carbonyl (C=O) groups is 1. The van der Waals surface area contributed by atoms with Gasteiger partial charge in [-0.2, -0.15) is 0 Å². The van der Waals surface area contributed by atoms with Crippen LogP contribution < -0.4 is 10.6 Å². The van der Waals surface area contributed by atoms with Gasteiger partial charge in [0.15, 0.2) is 5.13 Å². The van der Waals surface area contributed by atoms with E-state index < -0.39 is 0 Å². The van der Waals surface area contributed by atoms with Gasteiger partial charge in [0.2, 0.25) is 5.91 Å². The van der Waals surface area contributed by atoms with Crippen molar-refractivity contribution in [3.63, 3.8) is 0 Å². The van der Waals surface area contributed by atoms with Gasteiger partial charge in [-0.1, -0.05) is 18.2 Å². The predicted octanol–water partition coefficient (Wildman–Crippen LogP) is 2.21. The third-order valence-corrected chi connectivity index (χ3v) is 4.86. The molecule has 116 valence electrons. The summed E-state index contributed by atoms with van der Waals surface area (Å²) in [5, 5.41) is 0.602. The van der Waals surface area contributed by atoms with Crippen LogP contribution >= 0.6 is 11.3 Å². The van der Waals surface area contributed by atoms with Gasteiger partial charge >= 0.3 is 0 Å². The van der Waals surface area contributed by atoms with Gasteiger partial charge in [0.1, 0.15) is 0 Å². The van der Waals surface area contributed by atoms with Gasteiger partial charge in [-0.15, -0.1) is 11.3 Å². The van der Waals surface area contributed by atoms with E-state index in [-0.39, 0.29) is 11.8 Å². The molecule has 1 atom stereocenters. The topological polar surface area (TPSA) is 62.5 Å². The molecule has 0 aliphatic carbocycles. The molecule has 6 heteroatoms. The van der Waals surface area contributed by atoms with E-state index in [1.54, 1.807) is 4.90 Å². The van der Waals surface area contributed by atoms with Crippen LogP contribution in [0, 0.1) is 5.92 Å². The van der Waals surface area contributed by atoms with Crippen LogP contribution in [0.15, 0.2) is 36.5 Å². The van der Waals surface area contributed by atoms with Crippen LogP contribution in [0.4, 0.5) is 10.8 Å². The quantitative estimate of drug-likeness (QED) is 0.939. The summed E-state index contributed by atoms with van der Waals surface area (Å²) in [5.41, 5.74) is 6.61. The van der Waals surface area contributed by atoms with Crippen LogP contribution in [-0.4, -0.2) is 35.9 Å². The maximum Gasteiger partial charge on any atom is 0.231 e. The molecule has 1 aromatic heterocycles. The first-order valence-electron chi connectivity index (χ1n) is 7.38. The zero-order valence-electron chi connectivity index (χ0n) is 12.6. The first-order chi connectivity index (χ1) is 10.6. The normalized spacial score (nSPS) is 18.5. The Hall–Kier alpha value is -1.92. The van der Waals surface area contributed by atoms with Gasteiger partial charge in [0.05, 0.1) is 5.92 Å². The van der Waals surface area contributed by atoms with E-state index in [0.29, 0.717) is 5.13 Å². The molecule has 5 nitrogen and oxygen atoms in total. The zero-order valence-corrected chi connectivity index (χ0v) is 13.4. The molecule has 1 saturated heterocycles. The summed E-state index contributed by atoms with van der Waals surface area (Å²) in [6.07, 6.45) is 2.73. The smallest absolute Gasteiger partial charge is 0.231 e. The summed E-state index contributed by atoms with van der Waals surface area (Å²) >= 11 is 1.52. The summed E-state index contributed by atoms with van der Waals surface area (Å²) in [6.45, 7) is 2.57.